The van der Waals surface area contributed by atoms with E-state index in [4.69, 9.17) is 57.0 Å². The average Bonchev–Trinajstić information content (AvgIpc) is 2.36. The van der Waals surface area contributed by atoms with Gasteiger partial charge in [0.15, 0.2) is 0 Å². The van der Waals surface area contributed by atoms with Crippen LogP contribution in [0, 0.1) is 16.0 Å². The Kier molecular flexibility index (Phi) is 4.33. The van der Waals surface area contributed by atoms with Crippen LogP contribution in [0.25, 0.3) is 0 Å². The molecule has 1 heterocycles. The Morgan fingerprint density at radius 3 is 2.47 bits per heavy atom. The number of nitrogens with one attached hydrogen (secondary N) is 1. The van der Waals surface area contributed by atoms with Crippen molar-refractivity contribution in [1.82, 2.24) is 4.98 Å². The van der Waals surface area contributed by atoms with Crippen LogP contribution in [0.1, 0.15) is 5.56 Å². The molecule has 1 N–H and O–H groups in total. The Bertz CT molecular complexity index is 737. The highest BCUT2D eigenvalue weighted by Gasteiger charge is 2.11. The molecule has 0 unspecified atom stereocenters. The monoisotopic (exact) mass is 330 g/mol. The van der Waals surface area contributed by atoms with Gasteiger partial charge in [-0.05, 0) is 12.1 Å². The quantitative estimate of drug-likeness (QED) is 0.594. The minimum atomic E-state index is 0.222. The molecule has 3 nitrogen and oxygen atoms in total. The van der Waals surface area contributed by atoms with Crippen LogP contribution in [0.15, 0.2) is 24.4 Å². The van der Waals surface area contributed by atoms with Crippen LogP contribution in [0.3, 0.4) is 0 Å². The molecule has 0 atom stereocenters. The second kappa shape index (κ2) is 5.81. The van der Waals surface area contributed by atoms with Crippen LogP contribution < -0.4 is 4.74 Å². The predicted octanol–water partition coefficient (Wildman–Crippen LogP) is 5.37. The van der Waals surface area contributed by atoms with Gasteiger partial charge in [0, 0.05) is 12.3 Å². The van der Waals surface area contributed by atoms with Gasteiger partial charge in [0.25, 0.3) is 0 Å². The van der Waals surface area contributed by atoms with Crippen molar-refractivity contribution in [2.75, 3.05) is 0 Å². The lowest BCUT2D eigenvalue weighted by Crippen LogP contribution is -1.91. The van der Waals surface area contributed by atoms with Crippen molar-refractivity contribution in [3.05, 3.63) is 49.7 Å². The molecule has 0 saturated heterocycles. The fourth-order valence-corrected chi connectivity index (χ4v) is 2.14. The normalized spacial score (nSPS) is 10.0. The average molecular weight is 332 g/mol. The second-order valence-corrected chi connectivity index (χ2v) is 5.09. The number of rotatable bonds is 2. The largest absolute Gasteiger partial charge is 0.454 e. The van der Waals surface area contributed by atoms with Gasteiger partial charge < -0.3 is 9.72 Å². The molecule has 2 rings (SSSR count). The summed E-state index contributed by atoms with van der Waals surface area (Å²) in [6.07, 6.45) is 1.57. The van der Waals surface area contributed by atoms with Crippen LogP contribution >= 0.6 is 47.0 Å². The number of benzene rings is 1. The zero-order valence-corrected chi connectivity index (χ0v) is 12.3. The van der Waals surface area contributed by atoms with Gasteiger partial charge in [0.2, 0.25) is 0 Å². The second-order valence-electron chi connectivity index (χ2n) is 3.46. The van der Waals surface area contributed by atoms with Crippen molar-refractivity contribution in [1.29, 1.82) is 5.26 Å². The van der Waals surface area contributed by atoms with Gasteiger partial charge in [-0.25, -0.2) is 0 Å². The molecule has 0 fully saturated rings. The molecule has 0 amide bonds. The van der Waals surface area contributed by atoms with E-state index in [1.165, 1.54) is 12.1 Å². The Labute approximate surface area is 129 Å². The summed E-state index contributed by atoms with van der Waals surface area (Å²) >= 11 is 22.7. The highest BCUT2D eigenvalue weighted by Crippen LogP contribution is 2.37. The van der Waals surface area contributed by atoms with Gasteiger partial charge in [-0.3, -0.25) is 0 Å². The van der Waals surface area contributed by atoms with Crippen molar-refractivity contribution in [2.45, 2.75) is 0 Å². The molecule has 0 aliphatic heterocycles. The third kappa shape index (κ3) is 3.02. The van der Waals surface area contributed by atoms with Gasteiger partial charge in [0.1, 0.15) is 27.8 Å². The van der Waals surface area contributed by atoms with E-state index in [1.807, 2.05) is 6.07 Å². The molecule has 1 aromatic carbocycles. The fourth-order valence-electron chi connectivity index (χ4n) is 1.35. The number of pyridine rings is 1. The molecular formula is C12H5Cl3N2OS. The molecule has 0 bridgehead atoms. The number of aromatic amines is 1. The van der Waals surface area contributed by atoms with Crippen LogP contribution in [0.2, 0.25) is 15.1 Å². The van der Waals surface area contributed by atoms with Crippen LogP contribution in [0.5, 0.6) is 11.5 Å². The van der Waals surface area contributed by atoms with E-state index in [-0.39, 0.29) is 15.2 Å². The van der Waals surface area contributed by atoms with E-state index in [9.17, 15) is 0 Å². The number of nitrogens with zero attached hydrogens (tertiary/aromatic N) is 1. The molecule has 0 spiro atoms. The zero-order chi connectivity index (χ0) is 14.0. The molecule has 0 aliphatic rings. The van der Waals surface area contributed by atoms with E-state index < -0.39 is 0 Å². The summed E-state index contributed by atoms with van der Waals surface area (Å²) in [5.74, 6) is 0.597. The summed E-state index contributed by atoms with van der Waals surface area (Å²) in [5, 5.41) is 9.97. The Morgan fingerprint density at radius 2 is 1.79 bits per heavy atom. The number of nitriles is 1. The van der Waals surface area contributed by atoms with Crippen molar-refractivity contribution in [3.63, 3.8) is 0 Å². The molecule has 7 heteroatoms. The molecule has 96 valence electrons. The number of halogens is 3. The first kappa shape index (κ1) is 14.2. The maximum atomic E-state index is 9.05. The molecule has 0 saturated carbocycles. The van der Waals surface area contributed by atoms with Crippen molar-refractivity contribution >= 4 is 47.0 Å². The van der Waals surface area contributed by atoms with E-state index >= 15 is 0 Å². The number of hydrogen-bond acceptors (Lipinski definition) is 3. The minimum absolute atomic E-state index is 0.222. The van der Waals surface area contributed by atoms with Gasteiger partial charge in [0.05, 0.1) is 15.1 Å². The zero-order valence-electron chi connectivity index (χ0n) is 9.21. The van der Waals surface area contributed by atoms with Gasteiger partial charge in [-0.15, -0.1) is 0 Å². The van der Waals surface area contributed by atoms with Crippen LogP contribution in [-0.2, 0) is 0 Å². The third-order valence-corrected chi connectivity index (χ3v) is 3.57. The lowest BCUT2D eigenvalue weighted by molar-refractivity contribution is 0.480. The SMILES string of the molecule is N#Cc1c(Oc2cc(Cl)c(Cl)cc2Cl)cc[nH]c1=S. The maximum Gasteiger partial charge on any atom is 0.149 e. The van der Waals surface area contributed by atoms with Crippen molar-refractivity contribution in [2.24, 2.45) is 0 Å². The molecule has 2 aromatic rings. The lowest BCUT2D eigenvalue weighted by Gasteiger charge is -2.10. The van der Waals surface area contributed by atoms with Gasteiger partial charge in [-0.2, -0.15) is 5.26 Å². The van der Waals surface area contributed by atoms with E-state index in [0.717, 1.165) is 0 Å². The third-order valence-electron chi connectivity index (χ3n) is 2.23. The number of aromatic nitrogens is 1. The molecule has 19 heavy (non-hydrogen) atoms. The summed E-state index contributed by atoms with van der Waals surface area (Å²) in [7, 11) is 0. The van der Waals surface area contributed by atoms with Gasteiger partial charge >= 0.3 is 0 Å². The standard InChI is InChI=1S/C12H5Cl3N2OS/c13-7-3-9(15)11(4-8(7)14)18-10-1-2-17-12(19)6(10)5-16/h1-4H,(H,17,19). The van der Waals surface area contributed by atoms with Crippen LogP contribution in [-0.4, -0.2) is 4.98 Å². The Balaban J connectivity index is 2.48. The van der Waals surface area contributed by atoms with E-state index in [1.54, 1.807) is 12.3 Å². The highest BCUT2D eigenvalue weighted by molar-refractivity contribution is 7.71. The lowest BCUT2D eigenvalue weighted by atomic mass is 10.3. The topological polar surface area (TPSA) is 48.8 Å². The summed E-state index contributed by atoms with van der Waals surface area (Å²) in [6, 6.07) is 6.49. The van der Waals surface area contributed by atoms with Crippen molar-refractivity contribution < 1.29 is 4.74 Å². The number of ether oxygens (including phenoxy) is 1. The maximum absolute atomic E-state index is 9.05. The Hall–Kier alpha value is -1.25. The Morgan fingerprint density at radius 1 is 1.11 bits per heavy atom. The number of hydrogen-bond donors (Lipinski definition) is 1. The molecular weight excluding hydrogens is 327 g/mol. The van der Waals surface area contributed by atoms with E-state index in [2.05, 4.69) is 4.98 Å². The number of H-pyrrole nitrogens is 1. The summed E-state index contributed by atoms with van der Waals surface area (Å²) < 4.78 is 5.85. The van der Waals surface area contributed by atoms with Crippen LogP contribution in [0.4, 0.5) is 0 Å². The molecule has 0 radical (unpaired) electrons. The molecule has 1 aromatic heterocycles. The first-order chi connectivity index (χ1) is 9.02. The van der Waals surface area contributed by atoms with Gasteiger partial charge in [-0.1, -0.05) is 47.0 Å². The first-order valence-corrected chi connectivity index (χ1v) is 6.51. The summed E-state index contributed by atoms with van der Waals surface area (Å²) in [6.45, 7) is 0. The van der Waals surface area contributed by atoms with Crippen molar-refractivity contribution in [3.8, 4) is 17.6 Å². The fraction of sp³-hybridized carbons (Fsp3) is 0. The minimum Gasteiger partial charge on any atom is -0.454 e. The first-order valence-electron chi connectivity index (χ1n) is 4.97. The van der Waals surface area contributed by atoms with E-state index in [0.29, 0.717) is 21.5 Å². The predicted molar refractivity (Wildman–Crippen MR) is 77.9 cm³/mol. The molecule has 0 aliphatic carbocycles. The summed E-state index contributed by atoms with van der Waals surface area (Å²) in [5.41, 5.74) is 0.222. The summed E-state index contributed by atoms with van der Waals surface area (Å²) in [4.78, 5) is 2.74. The highest BCUT2D eigenvalue weighted by atomic mass is 35.5. The smallest absolute Gasteiger partial charge is 0.149 e.